The van der Waals surface area contributed by atoms with Gasteiger partial charge in [0.1, 0.15) is 11.5 Å². The highest BCUT2D eigenvalue weighted by molar-refractivity contribution is 5.76. The molecule has 2 aromatic carbocycles. The second-order valence-corrected chi connectivity index (χ2v) is 9.18. The molecule has 0 aromatic heterocycles. The van der Waals surface area contributed by atoms with Gasteiger partial charge in [-0.1, -0.05) is 65.8 Å². The lowest BCUT2D eigenvalue weighted by molar-refractivity contribution is 0.408. The van der Waals surface area contributed by atoms with Crippen LogP contribution in [0.4, 0.5) is 0 Å². The third kappa shape index (κ3) is 5.02. The van der Waals surface area contributed by atoms with E-state index in [1.807, 2.05) is 36.4 Å². The van der Waals surface area contributed by atoms with Gasteiger partial charge in [0, 0.05) is 11.1 Å². The Kier molecular flexibility index (Phi) is 4.98. The van der Waals surface area contributed by atoms with Crippen molar-refractivity contribution in [3.05, 3.63) is 47.5 Å². The van der Waals surface area contributed by atoms with E-state index in [0.29, 0.717) is 11.1 Å². The summed E-state index contributed by atoms with van der Waals surface area (Å²) in [5, 5.41) is 20.8. The lowest BCUT2D eigenvalue weighted by Gasteiger charge is -2.20. The van der Waals surface area contributed by atoms with Crippen LogP contribution in [0, 0.1) is 10.8 Å². The Labute approximate surface area is 146 Å². The normalized spacial score (nSPS) is 12.4. The van der Waals surface area contributed by atoms with Crippen LogP contribution in [0.3, 0.4) is 0 Å². The molecule has 0 spiro atoms. The summed E-state index contributed by atoms with van der Waals surface area (Å²) >= 11 is 0. The fourth-order valence-electron chi connectivity index (χ4n) is 3.05. The Morgan fingerprint density at radius 3 is 1.21 bits per heavy atom. The minimum absolute atomic E-state index is 0.171. The molecule has 0 bridgehead atoms. The molecule has 0 atom stereocenters. The molecule has 0 aliphatic carbocycles. The molecule has 2 aromatic rings. The van der Waals surface area contributed by atoms with Gasteiger partial charge in [0.25, 0.3) is 0 Å². The van der Waals surface area contributed by atoms with Gasteiger partial charge in [-0.25, -0.2) is 0 Å². The summed E-state index contributed by atoms with van der Waals surface area (Å²) < 4.78 is 0. The molecule has 0 amide bonds. The summed E-state index contributed by atoms with van der Waals surface area (Å²) in [5.74, 6) is 0.436. The van der Waals surface area contributed by atoms with E-state index in [9.17, 15) is 10.2 Å². The molecule has 0 saturated heterocycles. The second kappa shape index (κ2) is 6.51. The first-order chi connectivity index (χ1) is 10.9. The Bertz CT molecular complexity index is 652. The van der Waals surface area contributed by atoms with Gasteiger partial charge in [-0.05, 0) is 46.9 Å². The largest absolute Gasteiger partial charge is 0.507 e. The molecule has 0 unspecified atom stereocenters. The number of aromatic hydroxyl groups is 2. The van der Waals surface area contributed by atoms with E-state index in [1.165, 1.54) is 0 Å². The van der Waals surface area contributed by atoms with Crippen LogP contribution in [0.25, 0.3) is 11.1 Å². The molecule has 0 aliphatic heterocycles. The van der Waals surface area contributed by atoms with E-state index in [2.05, 4.69) is 41.5 Å². The Hall–Kier alpha value is -1.96. The predicted molar refractivity (Wildman–Crippen MR) is 102 cm³/mol. The van der Waals surface area contributed by atoms with Crippen molar-refractivity contribution in [2.24, 2.45) is 10.8 Å². The van der Waals surface area contributed by atoms with Crippen molar-refractivity contribution in [3.63, 3.8) is 0 Å². The standard InChI is InChI=1S/C22H30O2/c1-21(2,3)13-15-7-9-17(19(23)11-15)18-10-8-16(12-20(18)24)14-22(4,5)6/h7-12,23-24H,13-14H2,1-6H3. The van der Waals surface area contributed by atoms with Gasteiger partial charge in [-0.15, -0.1) is 0 Å². The molecule has 24 heavy (non-hydrogen) atoms. The Balaban J connectivity index is 2.32. The van der Waals surface area contributed by atoms with Gasteiger partial charge in [0.2, 0.25) is 0 Å². The maximum absolute atomic E-state index is 10.4. The first-order valence-corrected chi connectivity index (χ1v) is 8.59. The van der Waals surface area contributed by atoms with Crippen molar-refractivity contribution in [1.82, 2.24) is 0 Å². The van der Waals surface area contributed by atoms with E-state index < -0.39 is 0 Å². The zero-order valence-electron chi connectivity index (χ0n) is 15.8. The van der Waals surface area contributed by atoms with E-state index in [1.54, 1.807) is 0 Å². The number of hydrogen-bond acceptors (Lipinski definition) is 2. The predicted octanol–water partition coefficient (Wildman–Crippen LogP) is 5.94. The summed E-state index contributed by atoms with van der Waals surface area (Å²) in [6.07, 6.45) is 1.80. The Morgan fingerprint density at radius 1 is 0.625 bits per heavy atom. The van der Waals surface area contributed by atoms with Crippen LogP contribution in [0.5, 0.6) is 11.5 Å². The van der Waals surface area contributed by atoms with Crippen LogP contribution in [-0.2, 0) is 12.8 Å². The molecule has 130 valence electrons. The zero-order chi connectivity index (χ0) is 18.1. The van der Waals surface area contributed by atoms with Gasteiger partial charge >= 0.3 is 0 Å². The van der Waals surface area contributed by atoms with Crippen molar-refractivity contribution in [1.29, 1.82) is 0 Å². The van der Waals surface area contributed by atoms with Crippen LogP contribution in [0.15, 0.2) is 36.4 Å². The summed E-state index contributed by atoms with van der Waals surface area (Å²) in [7, 11) is 0. The van der Waals surface area contributed by atoms with Gasteiger partial charge in [-0.3, -0.25) is 0 Å². The van der Waals surface area contributed by atoms with Crippen molar-refractivity contribution in [2.45, 2.75) is 54.4 Å². The molecule has 2 N–H and O–H groups in total. The second-order valence-electron chi connectivity index (χ2n) is 9.18. The van der Waals surface area contributed by atoms with Gasteiger partial charge < -0.3 is 10.2 Å². The highest BCUT2D eigenvalue weighted by Crippen LogP contribution is 2.38. The average Bonchev–Trinajstić information content (AvgIpc) is 2.36. The van der Waals surface area contributed by atoms with Crippen molar-refractivity contribution >= 4 is 0 Å². The number of rotatable bonds is 3. The monoisotopic (exact) mass is 326 g/mol. The first-order valence-electron chi connectivity index (χ1n) is 8.59. The topological polar surface area (TPSA) is 40.5 Å². The lowest BCUT2D eigenvalue weighted by Crippen LogP contribution is -2.09. The van der Waals surface area contributed by atoms with E-state index >= 15 is 0 Å². The molecule has 0 radical (unpaired) electrons. The molecule has 2 nitrogen and oxygen atoms in total. The van der Waals surface area contributed by atoms with Gasteiger partial charge in [-0.2, -0.15) is 0 Å². The summed E-state index contributed by atoms with van der Waals surface area (Å²) in [6.45, 7) is 13.1. The molecule has 0 aliphatic rings. The highest BCUT2D eigenvalue weighted by atomic mass is 16.3. The molecule has 2 heteroatoms. The highest BCUT2D eigenvalue weighted by Gasteiger charge is 2.16. The number of benzene rings is 2. The first kappa shape index (κ1) is 18.4. The minimum atomic E-state index is 0.171. The van der Waals surface area contributed by atoms with Crippen LogP contribution in [0.2, 0.25) is 0 Å². The van der Waals surface area contributed by atoms with E-state index in [0.717, 1.165) is 24.0 Å². The summed E-state index contributed by atoms with van der Waals surface area (Å²) in [5.41, 5.74) is 3.90. The van der Waals surface area contributed by atoms with Gasteiger partial charge in [0.05, 0.1) is 0 Å². The van der Waals surface area contributed by atoms with Crippen LogP contribution in [-0.4, -0.2) is 10.2 Å². The van der Waals surface area contributed by atoms with Crippen LogP contribution < -0.4 is 0 Å². The molecule has 0 fully saturated rings. The SMILES string of the molecule is CC(C)(C)Cc1ccc(-c2ccc(CC(C)(C)C)cc2O)c(O)c1. The number of phenols is 2. The maximum atomic E-state index is 10.4. The summed E-state index contributed by atoms with van der Waals surface area (Å²) in [4.78, 5) is 0. The average molecular weight is 326 g/mol. The summed E-state index contributed by atoms with van der Waals surface area (Å²) in [6, 6.07) is 11.5. The van der Waals surface area contributed by atoms with E-state index in [4.69, 9.17) is 0 Å². The minimum Gasteiger partial charge on any atom is -0.507 e. The Morgan fingerprint density at radius 2 is 0.958 bits per heavy atom. The quantitative estimate of drug-likeness (QED) is 0.732. The number of hydrogen-bond donors (Lipinski definition) is 2. The molecule has 0 saturated carbocycles. The van der Waals surface area contributed by atoms with Crippen molar-refractivity contribution in [2.75, 3.05) is 0 Å². The van der Waals surface area contributed by atoms with E-state index in [-0.39, 0.29) is 22.3 Å². The van der Waals surface area contributed by atoms with Crippen LogP contribution in [0.1, 0.15) is 52.7 Å². The fourth-order valence-corrected chi connectivity index (χ4v) is 3.05. The van der Waals surface area contributed by atoms with Crippen molar-refractivity contribution in [3.8, 4) is 22.6 Å². The molecular formula is C22H30O2. The smallest absolute Gasteiger partial charge is 0.123 e. The van der Waals surface area contributed by atoms with Crippen LogP contribution >= 0.6 is 0 Å². The lowest BCUT2D eigenvalue weighted by atomic mass is 9.86. The molecular weight excluding hydrogens is 296 g/mol. The van der Waals surface area contributed by atoms with Crippen molar-refractivity contribution < 1.29 is 10.2 Å². The third-order valence-electron chi connectivity index (χ3n) is 3.88. The molecule has 2 rings (SSSR count). The third-order valence-corrected chi connectivity index (χ3v) is 3.88. The van der Waals surface area contributed by atoms with Gasteiger partial charge in [0.15, 0.2) is 0 Å². The molecule has 0 heterocycles. The zero-order valence-corrected chi connectivity index (χ0v) is 15.8. The fraction of sp³-hybridized carbons (Fsp3) is 0.455. The number of phenolic OH excluding ortho intramolecular Hbond substituents is 2. The maximum Gasteiger partial charge on any atom is 0.123 e.